The second-order valence-electron chi connectivity index (χ2n) is 8.67. The molecule has 3 nitrogen and oxygen atoms in total. The van der Waals surface area contributed by atoms with Crippen molar-refractivity contribution in [1.82, 2.24) is 0 Å². The van der Waals surface area contributed by atoms with Gasteiger partial charge in [0, 0.05) is 22.9 Å². The van der Waals surface area contributed by atoms with Crippen LogP contribution in [0.15, 0.2) is 108 Å². The molecule has 0 bridgehead atoms. The Hall–Kier alpha value is -4.44. The molecule has 0 unspecified atom stereocenters. The van der Waals surface area contributed by atoms with E-state index in [-0.39, 0.29) is 5.82 Å². The number of hydrogen-bond donors (Lipinski definition) is 0. The number of aryl methyl sites for hydroxylation is 2. The third-order valence-corrected chi connectivity index (χ3v) is 6.40. The van der Waals surface area contributed by atoms with Gasteiger partial charge >= 0.3 is 0 Å². The number of halogens is 1. The minimum Gasteiger partial charge on any atom is -0.457 e. The zero-order valence-electron chi connectivity index (χ0n) is 19.5. The summed E-state index contributed by atoms with van der Waals surface area (Å²) in [5, 5.41) is 1.86. The second-order valence-corrected chi connectivity index (χ2v) is 8.67. The molecular formula is C31H23FNO2+. The van der Waals surface area contributed by atoms with E-state index in [1.54, 1.807) is 6.07 Å². The maximum atomic E-state index is 15.3. The van der Waals surface area contributed by atoms with Gasteiger partial charge in [0.05, 0.1) is 11.1 Å². The molecule has 4 aromatic carbocycles. The number of furan rings is 1. The van der Waals surface area contributed by atoms with Gasteiger partial charge in [-0.2, -0.15) is 0 Å². The second kappa shape index (κ2) is 8.41. The molecule has 6 rings (SSSR count). The molecule has 2 aromatic heterocycles. The molecule has 0 radical (unpaired) electrons. The molecule has 0 fully saturated rings. The Balaban J connectivity index is 1.52. The summed E-state index contributed by atoms with van der Waals surface area (Å²) < 4.78 is 29.7. The summed E-state index contributed by atoms with van der Waals surface area (Å²) in [6.45, 7) is 2.07. The van der Waals surface area contributed by atoms with Gasteiger partial charge in [-0.15, -0.1) is 0 Å². The first-order chi connectivity index (χ1) is 17.1. The lowest BCUT2D eigenvalue weighted by Gasteiger charge is -2.08. The molecule has 6 aromatic rings. The molecule has 35 heavy (non-hydrogen) atoms. The van der Waals surface area contributed by atoms with Crippen molar-refractivity contribution in [3.63, 3.8) is 0 Å². The van der Waals surface area contributed by atoms with Crippen molar-refractivity contribution in [2.75, 3.05) is 0 Å². The summed E-state index contributed by atoms with van der Waals surface area (Å²) in [5.74, 6) is 1.12. The number of rotatable bonds is 4. The average Bonchev–Trinajstić information content (AvgIpc) is 3.24. The molecule has 2 heterocycles. The Morgan fingerprint density at radius 2 is 1.34 bits per heavy atom. The highest BCUT2D eigenvalue weighted by atomic mass is 19.1. The SMILES string of the molecule is Cc1ccc2c(oc3c(-c4ccc(Oc5ccccc5)cc4)c(F)ccc32)c1-c1cccc[n+]1C. The van der Waals surface area contributed by atoms with Gasteiger partial charge < -0.3 is 9.15 Å². The highest BCUT2D eigenvalue weighted by Crippen LogP contribution is 2.41. The minimum atomic E-state index is -0.322. The van der Waals surface area contributed by atoms with Crippen LogP contribution in [0.2, 0.25) is 0 Å². The minimum absolute atomic E-state index is 0.322. The number of hydrogen-bond acceptors (Lipinski definition) is 2. The van der Waals surface area contributed by atoms with Crippen LogP contribution in [0, 0.1) is 12.7 Å². The average molecular weight is 461 g/mol. The van der Waals surface area contributed by atoms with E-state index in [1.165, 1.54) is 6.07 Å². The topological polar surface area (TPSA) is 26.2 Å². The van der Waals surface area contributed by atoms with Crippen LogP contribution in [0.1, 0.15) is 5.56 Å². The Morgan fingerprint density at radius 1 is 0.686 bits per heavy atom. The van der Waals surface area contributed by atoms with Gasteiger partial charge in [-0.25, -0.2) is 8.96 Å². The monoisotopic (exact) mass is 460 g/mol. The van der Waals surface area contributed by atoms with Crippen LogP contribution in [0.4, 0.5) is 4.39 Å². The quantitative estimate of drug-likeness (QED) is 0.249. The molecular weight excluding hydrogens is 437 g/mol. The summed E-state index contributed by atoms with van der Waals surface area (Å²) in [6, 6.07) is 30.6. The van der Waals surface area contributed by atoms with Gasteiger partial charge in [-0.05, 0) is 60.5 Å². The van der Waals surface area contributed by atoms with Gasteiger partial charge in [0.2, 0.25) is 5.69 Å². The normalized spacial score (nSPS) is 11.3. The van der Waals surface area contributed by atoms with E-state index >= 15 is 4.39 Å². The fraction of sp³-hybridized carbons (Fsp3) is 0.0645. The lowest BCUT2D eigenvalue weighted by molar-refractivity contribution is -0.660. The Kier molecular flexibility index (Phi) is 5.07. The van der Waals surface area contributed by atoms with Crippen LogP contribution in [-0.4, -0.2) is 0 Å². The number of nitrogens with zero attached hydrogens (tertiary/aromatic N) is 1. The first-order valence-corrected chi connectivity index (χ1v) is 11.5. The van der Waals surface area contributed by atoms with Gasteiger partial charge in [-0.1, -0.05) is 42.5 Å². The van der Waals surface area contributed by atoms with Crippen LogP contribution >= 0.6 is 0 Å². The largest absolute Gasteiger partial charge is 0.457 e. The van der Waals surface area contributed by atoms with Crippen molar-refractivity contribution >= 4 is 21.9 Å². The first kappa shape index (κ1) is 21.1. The number of ether oxygens (including phenoxy) is 1. The predicted molar refractivity (Wildman–Crippen MR) is 137 cm³/mol. The molecule has 0 amide bonds. The summed E-state index contributed by atoms with van der Waals surface area (Å²) in [4.78, 5) is 0. The van der Waals surface area contributed by atoms with E-state index < -0.39 is 0 Å². The van der Waals surface area contributed by atoms with E-state index in [1.807, 2.05) is 80.0 Å². The third-order valence-electron chi connectivity index (χ3n) is 6.40. The highest BCUT2D eigenvalue weighted by Gasteiger charge is 2.22. The van der Waals surface area contributed by atoms with E-state index in [0.717, 1.165) is 44.5 Å². The highest BCUT2D eigenvalue weighted by molar-refractivity contribution is 6.13. The fourth-order valence-corrected chi connectivity index (χ4v) is 4.66. The third kappa shape index (κ3) is 3.64. The zero-order chi connectivity index (χ0) is 23.9. The number of aromatic nitrogens is 1. The number of para-hydroxylation sites is 1. The van der Waals surface area contributed by atoms with Gasteiger partial charge in [-0.3, -0.25) is 0 Å². The maximum Gasteiger partial charge on any atom is 0.216 e. The summed E-state index contributed by atoms with van der Waals surface area (Å²) >= 11 is 0. The van der Waals surface area contributed by atoms with E-state index in [9.17, 15) is 0 Å². The van der Waals surface area contributed by atoms with E-state index in [2.05, 4.69) is 29.7 Å². The standard InChI is InChI=1S/C31H23FNO2/c1-20-11-16-24-25-17-18-26(32)29(21-12-14-23(15-13-21)34-22-8-4-3-5-9-22)31(25)35-30(24)28(20)27-10-6-7-19-33(27)2/h3-19H,1-2H3/q+1. The van der Waals surface area contributed by atoms with Gasteiger partial charge in [0.1, 0.15) is 35.5 Å². The summed E-state index contributed by atoms with van der Waals surface area (Å²) in [6.07, 6.45) is 2.01. The van der Waals surface area contributed by atoms with Crippen LogP contribution < -0.4 is 9.30 Å². The van der Waals surface area contributed by atoms with Crippen molar-refractivity contribution in [1.29, 1.82) is 0 Å². The van der Waals surface area contributed by atoms with E-state index in [0.29, 0.717) is 16.9 Å². The predicted octanol–water partition coefficient (Wildman–Crippen LogP) is 7.98. The zero-order valence-corrected chi connectivity index (χ0v) is 19.5. The van der Waals surface area contributed by atoms with Crippen molar-refractivity contribution in [3.05, 3.63) is 115 Å². The molecule has 0 aliphatic carbocycles. The lowest BCUT2D eigenvalue weighted by Crippen LogP contribution is -2.30. The molecule has 0 aliphatic heterocycles. The lowest BCUT2D eigenvalue weighted by atomic mass is 9.98. The number of pyridine rings is 1. The Bertz CT molecular complexity index is 1690. The molecule has 0 N–H and O–H groups in total. The number of benzene rings is 4. The molecule has 0 spiro atoms. The van der Waals surface area contributed by atoms with Crippen LogP contribution in [0.5, 0.6) is 11.5 Å². The van der Waals surface area contributed by atoms with Gasteiger partial charge in [0.25, 0.3) is 0 Å². The molecule has 4 heteroatoms. The molecule has 0 atom stereocenters. The van der Waals surface area contributed by atoms with Crippen molar-refractivity contribution in [2.45, 2.75) is 6.92 Å². The van der Waals surface area contributed by atoms with E-state index in [4.69, 9.17) is 9.15 Å². The van der Waals surface area contributed by atoms with Gasteiger partial charge in [0.15, 0.2) is 6.20 Å². The van der Waals surface area contributed by atoms with Crippen LogP contribution in [-0.2, 0) is 7.05 Å². The Labute approximate surface area is 202 Å². The molecule has 0 aliphatic rings. The van der Waals surface area contributed by atoms with Crippen LogP contribution in [0.25, 0.3) is 44.3 Å². The first-order valence-electron chi connectivity index (χ1n) is 11.5. The molecule has 170 valence electrons. The number of fused-ring (bicyclic) bond motifs is 3. The fourth-order valence-electron chi connectivity index (χ4n) is 4.66. The Morgan fingerprint density at radius 3 is 2.09 bits per heavy atom. The van der Waals surface area contributed by atoms with Crippen LogP contribution in [0.3, 0.4) is 0 Å². The van der Waals surface area contributed by atoms with Crippen molar-refractivity contribution in [2.24, 2.45) is 7.05 Å². The van der Waals surface area contributed by atoms with Crippen molar-refractivity contribution < 1.29 is 18.1 Å². The van der Waals surface area contributed by atoms with Crippen molar-refractivity contribution in [3.8, 4) is 33.9 Å². The summed E-state index contributed by atoms with van der Waals surface area (Å²) in [5.41, 5.74) is 5.64. The molecule has 0 saturated heterocycles. The smallest absolute Gasteiger partial charge is 0.216 e. The maximum absolute atomic E-state index is 15.3. The molecule has 0 saturated carbocycles. The summed E-state index contributed by atoms with van der Waals surface area (Å²) in [7, 11) is 2.01.